The zero-order valence-electron chi connectivity index (χ0n) is 12.2. The van der Waals surface area contributed by atoms with E-state index in [0.29, 0.717) is 18.7 Å². The number of nitrogens with zero attached hydrogens (tertiary/aromatic N) is 1. The van der Waals surface area contributed by atoms with Gasteiger partial charge in [0.25, 0.3) is 11.6 Å². The van der Waals surface area contributed by atoms with E-state index >= 15 is 0 Å². The van der Waals surface area contributed by atoms with E-state index in [-0.39, 0.29) is 23.2 Å². The topological polar surface area (TPSA) is 84.3 Å². The molecule has 1 unspecified atom stereocenters. The van der Waals surface area contributed by atoms with Crippen LogP contribution in [0.4, 0.5) is 11.4 Å². The summed E-state index contributed by atoms with van der Waals surface area (Å²) in [6.45, 7) is 4.23. The molecule has 0 saturated heterocycles. The van der Waals surface area contributed by atoms with Crippen LogP contribution in [0.25, 0.3) is 0 Å². The molecule has 112 valence electrons. The van der Waals surface area contributed by atoms with Gasteiger partial charge in [-0.2, -0.15) is 0 Å². The van der Waals surface area contributed by atoms with Crippen molar-refractivity contribution in [1.29, 1.82) is 0 Å². The van der Waals surface area contributed by atoms with Gasteiger partial charge in [0.15, 0.2) is 0 Å². The molecule has 0 radical (unpaired) electrons. The Bertz CT molecular complexity index is 564. The number of terminal acetylenes is 1. The Morgan fingerprint density at radius 1 is 1.48 bits per heavy atom. The van der Waals surface area contributed by atoms with E-state index in [1.807, 2.05) is 6.92 Å². The van der Waals surface area contributed by atoms with Crippen LogP contribution in [0, 0.1) is 22.5 Å². The molecule has 0 aliphatic carbocycles. The van der Waals surface area contributed by atoms with Gasteiger partial charge in [-0.15, -0.1) is 6.42 Å². The number of carbonyl (C=O) groups is 1. The first kappa shape index (κ1) is 16.5. The summed E-state index contributed by atoms with van der Waals surface area (Å²) in [6, 6.07) is 4.04. The van der Waals surface area contributed by atoms with Crippen molar-refractivity contribution in [3.8, 4) is 12.3 Å². The Morgan fingerprint density at radius 3 is 2.71 bits per heavy atom. The van der Waals surface area contributed by atoms with Crippen LogP contribution in [0.1, 0.15) is 37.0 Å². The van der Waals surface area contributed by atoms with E-state index in [9.17, 15) is 14.9 Å². The molecular weight excluding hydrogens is 270 g/mol. The lowest BCUT2D eigenvalue weighted by Gasteiger charge is -2.14. The zero-order chi connectivity index (χ0) is 15.8. The molecule has 1 aromatic carbocycles. The van der Waals surface area contributed by atoms with Crippen LogP contribution in [-0.2, 0) is 0 Å². The van der Waals surface area contributed by atoms with E-state index in [4.69, 9.17) is 6.42 Å². The van der Waals surface area contributed by atoms with E-state index in [0.717, 1.165) is 6.42 Å². The summed E-state index contributed by atoms with van der Waals surface area (Å²) in [4.78, 5) is 22.4. The minimum atomic E-state index is -0.523. The number of nitrogens with one attached hydrogen (secondary N) is 2. The predicted octanol–water partition coefficient (Wildman–Crippen LogP) is 2.56. The Kier molecular flexibility index (Phi) is 6.21. The fourth-order valence-corrected chi connectivity index (χ4v) is 1.88. The van der Waals surface area contributed by atoms with Crippen LogP contribution >= 0.6 is 0 Å². The number of hydrogen-bond acceptors (Lipinski definition) is 4. The van der Waals surface area contributed by atoms with Crippen molar-refractivity contribution < 1.29 is 9.72 Å². The number of hydrogen-bond donors (Lipinski definition) is 2. The van der Waals surface area contributed by atoms with E-state index < -0.39 is 4.92 Å². The van der Waals surface area contributed by atoms with Gasteiger partial charge in [0.2, 0.25) is 0 Å². The largest absolute Gasteiger partial charge is 0.366 e. The molecule has 1 amide bonds. The molecule has 1 aromatic rings. The Hall–Kier alpha value is -2.55. The van der Waals surface area contributed by atoms with Gasteiger partial charge in [0.1, 0.15) is 5.69 Å². The van der Waals surface area contributed by atoms with Gasteiger partial charge >= 0.3 is 0 Å². The number of anilines is 1. The standard InChI is InChI=1S/C15H19N3O3/c1-4-7-12(5-2)17-13-9-8-11(15(19)16-6-3)10-14(13)18(20)21/h2,8-10,12,17H,4,6-7H2,1,3H3,(H,16,19). The molecule has 0 heterocycles. The smallest absolute Gasteiger partial charge is 0.293 e. The first-order chi connectivity index (χ1) is 10.0. The summed E-state index contributed by atoms with van der Waals surface area (Å²) in [5.74, 6) is 2.22. The normalized spacial score (nSPS) is 11.3. The third-order valence-corrected chi connectivity index (χ3v) is 2.90. The number of carbonyl (C=O) groups excluding carboxylic acids is 1. The monoisotopic (exact) mass is 289 g/mol. The van der Waals surface area contributed by atoms with E-state index in [1.165, 1.54) is 12.1 Å². The van der Waals surface area contributed by atoms with Crippen molar-refractivity contribution in [3.63, 3.8) is 0 Å². The average Bonchev–Trinajstić information content (AvgIpc) is 2.47. The molecule has 2 N–H and O–H groups in total. The van der Waals surface area contributed by atoms with Crippen molar-refractivity contribution in [2.24, 2.45) is 0 Å². The lowest BCUT2D eigenvalue weighted by Crippen LogP contribution is -2.23. The maximum absolute atomic E-state index is 11.7. The van der Waals surface area contributed by atoms with Crippen molar-refractivity contribution in [1.82, 2.24) is 5.32 Å². The van der Waals surface area contributed by atoms with Gasteiger partial charge in [-0.05, 0) is 25.5 Å². The predicted molar refractivity (Wildman–Crippen MR) is 82.3 cm³/mol. The van der Waals surface area contributed by atoms with Crippen molar-refractivity contribution in [2.45, 2.75) is 32.7 Å². The molecule has 1 rings (SSSR count). The summed E-state index contributed by atoms with van der Waals surface area (Å²) < 4.78 is 0. The van der Waals surface area contributed by atoms with E-state index in [1.54, 1.807) is 13.0 Å². The van der Waals surface area contributed by atoms with Crippen molar-refractivity contribution >= 4 is 17.3 Å². The first-order valence-electron chi connectivity index (χ1n) is 6.82. The third-order valence-electron chi connectivity index (χ3n) is 2.90. The second kappa shape index (κ2) is 7.90. The number of benzene rings is 1. The van der Waals surface area contributed by atoms with Gasteiger partial charge in [-0.3, -0.25) is 14.9 Å². The van der Waals surface area contributed by atoms with Crippen LogP contribution in [0.2, 0.25) is 0 Å². The lowest BCUT2D eigenvalue weighted by atomic mass is 10.1. The maximum atomic E-state index is 11.7. The fraction of sp³-hybridized carbons (Fsp3) is 0.400. The van der Waals surface area contributed by atoms with Gasteiger partial charge in [-0.1, -0.05) is 19.3 Å². The van der Waals surface area contributed by atoms with Crippen molar-refractivity contribution in [3.05, 3.63) is 33.9 Å². The highest BCUT2D eigenvalue weighted by Crippen LogP contribution is 2.26. The second-order valence-electron chi connectivity index (χ2n) is 4.50. The first-order valence-corrected chi connectivity index (χ1v) is 6.82. The van der Waals surface area contributed by atoms with E-state index in [2.05, 4.69) is 16.6 Å². The summed E-state index contributed by atoms with van der Waals surface area (Å²) >= 11 is 0. The number of amides is 1. The minimum Gasteiger partial charge on any atom is -0.366 e. The quantitative estimate of drug-likeness (QED) is 0.459. The molecule has 0 saturated carbocycles. The van der Waals surface area contributed by atoms with Crippen molar-refractivity contribution in [2.75, 3.05) is 11.9 Å². The van der Waals surface area contributed by atoms with Gasteiger partial charge < -0.3 is 10.6 Å². The summed E-state index contributed by atoms with van der Waals surface area (Å²) in [5.41, 5.74) is 0.418. The second-order valence-corrected chi connectivity index (χ2v) is 4.50. The minimum absolute atomic E-state index is 0.157. The van der Waals surface area contributed by atoms with Crippen LogP contribution in [-0.4, -0.2) is 23.4 Å². The molecule has 0 aromatic heterocycles. The Balaban J connectivity index is 3.08. The number of nitro groups is 1. The molecule has 21 heavy (non-hydrogen) atoms. The zero-order valence-corrected chi connectivity index (χ0v) is 12.2. The van der Waals surface area contributed by atoms with Gasteiger partial charge in [0, 0.05) is 18.2 Å². The molecule has 0 fully saturated rings. The highest BCUT2D eigenvalue weighted by atomic mass is 16.6. The summed E-state index contributed by atoms with van der Waals surface area (Å²) in [5, 5.41) is 16.7. The fourth-order valence-electron chi connectivity index (χ4n) is 1.88. The van der Waals surface area contributed by atoms with Gasteiger partial charge in [-0.25, -0.2) is 0 Å². The molecule has 0 spiro atoms. The molecule has 0 aliphatic heterocycles. The van der Waals surface area contributed by atoms with Gasteiger partial charge in [0.05, 0.1) is 11.0 Å². The molecule has 6 heteroatoms. The summed E-state index contributed by atoms with van der Waals surface area (Å²) in [6.07, 6.45) is 6.99. The van der Waals surface area contributed by atoms with Crippen LogP contribution in [0.15, 0.2) is 18.2 Å². The SMILES string of the molecule is C#CC(CCC)Nc1ccc(C(=O)NCC)cc1[N+](=O)[O-]. The highest BCUT2D eigenvalue weighted by Gasteiger charge is 2.19. The van der Waals surface area contributed by atoms with Crippen LogP contribution in [0.3, 0.4) is 0 Å². The highest BCUT2D eigenvalue weighted by molar-refractivity contribution is 5.95. The molecular formula is C15H19N3O3. The van der Waals surface area contributed by atoms with Crippen LogP contribution in [0.5, 0.6) is 0 Å². The third kappa shape index (κ3) is 4.49. The Labute approximate surface area is 124 Å². The molecule has 0 aliphatic rings. The molecule has 1 atom stereocenters. The molecule has 6 nitrogen and oxygen atoms in total. The average molecular weight is 289 g/mol. The lowest BCUT2D eigenvalue weighted by molar-refractivity contribution is -0.384. The summed E-state index contributed by atoms with van der Waals surface area (Å²) in [7, 11) is 0. The number of rotatable bonds is 7. The molecule has 0 bridgehead atoms. The Morgan fingerprint density at radius 2 is 2.19 bits per heavy atom. The van der Waals surface area contributed by atoms with Crippen LogP contribution < -0.4 is 10.6 Å². The maximum Gasteiger partial charge on any atom is 0.293 e. The number of nitro benzene ring substituents is 1.